The number of aromatic amines is 2. The molecule has 1 aliphatic heterocycles. The van der Waals surface area contributed by atoms with Crippen LogP contribution in [0.3, 0.4) is 0 Å². The quantitative estimate of drug-likeness (QED) is 0.186. The first kappa shape index (κ1) is 41.1. The van der Waals surface area contributed by atoms with Crippen LogP contribution < -0.4 is 27.2 Å². The topological polar surface area (TPSA) is 187 Å². The molecule has 1 saturated heterocycles. The molecule has 51 heavy (non-hydrogen) atoms. The number of rotatable bonds is 5. The van der Waals surface area contributed by atoms with Crippen LogP contribution in [0.4, 0.5) is 9.59 Å². The molecule has 0 unspecified atom stereocenters. The first-order valence-corrected chi connectivity index (χ1v) is 16.8. The molecule has 2 amide bonds. The van der Waals surface area contributed by atoms with Gasteiger partial charge < -0.3 is 29.4 Å². The summed E-state index contributed by atoms with van der Waals surface area (Å²) in [6, 6.07) is 10.6. The Balaban J connectivity index is 0.000000284. The van der Waals surface area contributed by atoms with Crippen LogP contribution in [0.2, 0.25) is 0 Å². The lowest BCUT2D eigenvalue weighted by atomic mass is 9.78. The molecule has 0 bridgehead atoms. The highest BCUT2D eigenvalue weighted by molar-refractivity contribution is 9.10. The van der Waals surface area contributed by atoms with Crippen molar-refractivity contribution in [3.63, 3.8) is 0 Å². The normalized spacial score (nSPS) is 15.0. The van der Waals surface area contributed by atoms with Crippen LogP contribution >= 0.6 is 15.9 Å². The lowest BCUT2D eigenvalue weighted by Gasteiger charge is -2.32. The van der Waals surface area contributed by atoms with E-state index in [9.17, 15) is 19.2 Å². The lowest BCUT2D eigenvalue weighted by molar-refractivity contribution is 0.00578. The van der Waals surface area contributed by atoms with Crippen LogP contribution in [0.1, 0.15) is 88.1 Å². The highest BCUT2D eigenvalue weighted by atomic mass is 79.9. The Hall–Kier alpha value is -4.28. The zero-order valence-electron chi connectivity index (χ0n) is 30.0. The third kappa shape index (κ3) is 10.6. The Labute approximate surface area is 306 Å². The average Bonchev–Trinajstić information content (AvgIpc) is 3.21. The minimum absolute atomic E-state index is 0. The molecular weight excluding hydrogens is 723 g/mol. The maximum atomic E-state index is 12.2. The van der Waals surface area contributed by atoms with Crippen molar-refractivity contribution in [3.8, 4) is 0 Å². The Bertz CT molecular complexity index is 2000. The van der Waals surface area contributed by atoms with Crippen molar-refractivity contribution in [1.82, 2.24) is 31.0 Å². The number of ether oxygens (including phenoxy) is 2. The fourth-order valence-corrected chi connectivity index (χ4v) is 5.13. The molecule has 0 radical (unpaired) electrons. The minimum atomic E-state index is -0.603. The summed E-state index contributed by atoms with van der Waals surface area (Å²) in [5, 5.41) is 20.6. The van der Waals surface area contributed by atoms with Gasteiger partial charge >= 0.3 is 19.3 Å². The summed E-state index contributed by atoms with van der Waals surface area (Å²) in [5.74, 6) is 0. The number of hydrogen-bond donors (Lipinski definition) is 4. The minimum Gasteiger partial charge on any atom is -0.444 e. The molecular formula is C35H48BBrN6O8. The average molecular weight is 772 g/mol. The third-order valence-corrected chi connectivity index (χ3v) is 8.34. The van der Waals surface area contributed by atoms with Crippen LogP contribution in [0, 0.1) is 0 Å². The molecule has 2 aromatic heterocycles. The maximum absolute atomic E-state index is 12.2. The van der Waals surface area contributed by atoms with Crippen molar-refractivity contribution in [2.45, 2.75) is 112 Å². The van der Waals surface area contributed by atoms with Gasteiger partial charge in [-0.25, -0.2) is 19.8 Å². The van der Waals surface area contributed by atoms with Crippen molar-refractivity contribution >= 4 is 62.2 Å². The summed E-state index contributed by atoms with van der Waals surface area (Å²) in [7, 11) is -0.560. The second kappa shape index (κ2) is 15.5. The Kier molecular flexibility index (Phi) is 12.5. The molecule has 1 fully saturated rings. The van der Waals surface area contributed by atoms with Gasteiger partial charge in [-0.3, -0.25) is 9.59 Å². The van der Waals surface area contributed by atoms with Crippen molar-refractivity contribution in [3.05, 3.63) is 73.0 Å². The van der Waals surface area contributed by atoms with Gasteiger partial charge in [0.25, 0.3) is 11.1 Å². The summed E-state index contributed by atoms with van der Waals surface area (Å²) < 4.78 is 23.5. The molecule has 2 aromatic carbocycles. The Morgan fingerprint density at radius 2 is 1.16 bits per heavy atom. The number of nitrogens with zero attached hydrogens (tertiary/aromatic N) is 2. The molecule has 14 nitrogen and oxygen atoms in total. The fraction of sp³-hybridized carbons (Fsp3) is 0.486. The number of aromatic nitrogens is 4. The lowest BCUT2D eigenvalue weighted by Crippen LogP contribution is -2.41. The first-order valence-electron chi connectivity index (χ1n) is 16.0. The molecule has 0 spiro atoms. The smallest absolute Gasteiger partial charge is 0.444 e. The van der Waals surface area contributed by atoms with Gasteiger partial charge in [-0.2, -0.15) is 10.2 Å². The predicted octanol–water partition coefficient (Wildman–Crippen LogP) is 5.59. The molecule has 276 valence electrons. The number of H-pyrrole nitrogens is 2. The van der Waals surface area contributed by atoms with Crippen molar-refractivity contribution < 1.29 is 28.4 Å². The zero-order valence-corrected chi connectivity index (χ0v) is 31.6. The summed E-state index contributed by atoms with van der Waals surface area (Å²) in [6.07, 6.45) is -1.08. The molecule has 1 aliphatic rings. The van der Waals surface area contributed by atoms with E-state index in [1.807, 2.05) is 39.8 Å². The summed E-state index contributed by atoms with van der Waals surface area (Å²) in [4.78, 5) is 47.6. The summed E-state index contributed by atoms with van der Waals surface area (Å²) in [5.41, 5.74) is -0.815. The largest absolute Gasteiger partial charge is 0.494 e. The van der Waals surface area contributed by atoms with E-state index in [0.29, 0.717) is 32.9 Å². The van der Waals surface area contributed by atoms with Crippen molar-refractivity contribution in [2.75, 3.05) is 0 Å². The van der Waals surface area contributed by atoms with Crippen LogP contribution in [0.5, 0.6) is 0 Å². The number of benzene rings is 2. The SMILES string of the molecule is C.CC(C)(C)OC(=O)NCc1n[nH]c(=O)c2ccc(B3OC(C)(C)C(C)(C)O3)cc12.CC(C)(C)OC(=O)NCc1n[nH]c(=O)c2ccc(Br)cc12. The van der Waals surface area contributed by atoms with Crippen LogP contribution in [-0.2, 0) is 31.9 Å². The highest BCUT2D eigenvalue weighted by Crippen LogP contribution is 2.36. The second-order valence-corrected chi connectivity index (χ2v) is 15.7. The van der Waals surface area contributed by atoms with Gasteiger partial charge in [-0.05, 0) is 99.0 Å². The molecule has 4 N–H and O–H groups in total. The van der Waals surface area contributed by atoms with E-state index in [4.69, 9.17) is 18.8 Å². The molecule has 3 heterocycles. The first-order chi connectivity index (χ1) is 23.0. The molecule has 0 atom stereocenters. The second-order valence-electron chi connectivity index (χ2n) is 14.8. The highest BCUT2D eigenvalue weighted by Gasteiger charge is 2.51. The number of carbonyl (C=O) groups excluding carboxylic acids is 2. The van der Waals surface area contributed by atoms with E-state index in [1.165, 1.54) is 0 Å². The molecule has 0 aliphatic carbocycles. The van der Waals surface area contributed by atoms with Gasteiger partial charge in [0.05, 0.1) is 46.5 Å². The number of halogens is 1. The number of hydrogen-bond acceptors (Lipinski definition) is 10. The molecule has 16 heteroatoms. The van der Waals surface area contributed by atoms with E-state index < -0.39 is 41.7 Å². The van der Waals surface area contributed by atoms with E-state index in [1.54, 1.807) is 65.8 Å². The molecule has 0 saturated carbocycles. The fourth-order valence-electron chi connectivity index (χ4n) is 4.76. The monoisotopic (exact) mass is 770 g/mol. The van der Waals surface area contributed by atoms with Crippen LogP contribution in [0.15, 0.2) is 50.5 Å². The summed E-state index contributed by atoms with van der Waals surface area (Å²) >= 11 is 3.36. The molecule has 4 aromatic rings. The number of nitrogens with one attached hydrogen (secondary N) is 4. The van der Waals surface area contributed by atoms with Gasteiger partial charge in [0.1, 0.15) is 11.2 Å². The van der Waals surface area contributed by atoms with Crippen LogP contribution in [0.25, 0.3) is 21.5 Å². The standard InChI is InChI=1S/C20H28BN3O5.C14H16BrN3O3.CH4/c1-18(2,3)27-17(26)22-11-15-14-10-12(8-9-13(14)16(25)24-23-15)21-28-19(4,5)20(6,7)29-21;1-14(2,3)21-13(20)16-7-11-10-6-8(15)4-5-9(10)12(19)18-17-11;/h8-10H,11H2,1-7H3,(H,22,26)(H,24,25);4-6H,7H2,1-3H3,(H,16,20)(H,18,19);1H4. The number of fused-ring (bicyclic) bond motifs is 2. The van der Waals surface area contributed by atoms with Gasteiger partial charge in [0.15, 0.2) is 0 Å². The summed E-state index contributed by atoms with van der Waals surface area (Å²) in [6.45, 7) is 18.9. The zero-order chi connectivity index (χ0) is 37.2. The predicted molar refractivity (Wildman–Crippen MR) is 201 cm³/mol. The van der Waals surface area contributed by atoms with Gasteiger partial charge in [0.2, 0.25) is 0 Å². The Morgan fingerprint density at radius 1 is 0.745 bits per heavy atom. The third-order valence-electron chi connectivity index (χ3n) is 7.84. The van der Waals surface area contributed by atoms with Gasteiger partial charge in [-0.1, -0.05) is 35.5 Å². The number of amides is 2. The maximum Gasteiger partial charge on any atom is 0.494 e. The van der Waals surface area contributed by atoms with Crippen LogP contribution in [-0.4, -0.2) is 62.1 Å². The van der Waals surface area contributed by atoms with Crippen molar-refractivity contribution in [2.24, 2.45) is 0 Å². The van der Waals surface area contributed by atoms with Gasteiger partial charge in [-0.15, -0.1) is 0 Å². The van der Waals surface area contributed by atoms with E-state index in [-0.39, 0.29) is 31.6 Å². The molecule has 5 rings (SSSR count). The van der Waals surface area contributed by atoms with Gasteiger partial charge in [0, 0.05) is 15.2 Å². The van der Waals surface area contributed by atoms with E-state index in [2.05, 4.69) is 47.0 Å². The Morgan fingerprint density at radius 3 is 1.59 bits per heavy atom. The number of carbonyl (C=O) groups is 2. The number of alkyl carbamates (subject to hydrolysis) is 2. The van der Waals surface area contributed by atoms with Crippen molar-refractivity contribution in [1.29, 1.82) is 0 Å². The van der Waals surface area contributed by atoms with E-state index in [0.717, 1.165) is 9.94 Å². The van der Waals surface area contributed by atoms with E-state index >= 15 is 0 Å².